The van der Waals surface area contributed by atoms with Crippen molar-refractivity contribution in [3.63, 3.8) is 0 Å². The van der Waals surface area contributed by atoms with E-state index in [1.54, 1.807) is 12.3 Å². The number of nitrogens with zero attached hydrogens (tertiary/aromatic N) is 6. The highest BCUT2D eigenvalue weighted by Gasteiger charge is 2.47. The average Bonchev–Trinajstić information content (AvgIpc) is 3.68. The standard InChI is InChI=1S/C34H42F2N8O2S/c1-19-14-44(15-20(2)46-19)17-33(8-9-33)18-45-32-41-26-11-25(21-10-24(35)28(36)29-27(21)22(12-37)30(38)47-29)39-13-23(26)31(42-32)40-16-34(43(3)4)6-5-7-34/h10-11,13,19-20,27,29H,5-9,14-18,38H2,1-4H3,(H,40,41,42)/t19-,20-,27?,29?/m1/s1. The van der Waals surface area contributed by atoms with Gasteiger partial charge >= 0.3 is 6.01 Å². The topological polar surface area (TPSA) is 125 Å². The molecule has 13 heteroatoms. The van der Waals surface area contributed by atoms with E-state index in [1.807, 2.05) is 0 Å². The number of nitrogens with two attached hydrogens (primary N) is 1. The Kier molecular flexibility index (Phi) is 8.43. The molecule has 2 saturated carbocycles. The molecule has 0 spiro atoms. The molecule has 0 bridgehead atoms. The molecule has 2 aromatic heterocycles. The largest absolute Gasteiger partial charge is 0.463 e. The summed E-state index contributed by atoms with van der Waals surface area (Å²) in [6, 6.07) is 4.11. The van der Waals surface area contributed by atoms with Gasteiger partial charge in [0, 0.05) is 49.2 Å². The van der Waals surface area contributed by atoms with E-state index in [9.17, 15) is 14.0 Å². The second-order valence-electron chi connectivity index (χ2n) is 14.2. The van der Waals surface area contributed by atoms with Gasteiger partial charge in [0.2, 0.25) is 0 Å². The van der Waals surface area contributed by atoms with E-state index in [0.717, 1.165) is 63.2 Å². The second-order valence-corrected chi connectivity index (χ2v) is 15.4. The molecule has 0 radical (unpaired) electrons. The van der Waals surface area contributed by atoms with E-state index in [-0.39, 0.29) is 39.8 Å². The van der Waals surface area contributed by atoms with Crippen LogP contribution in [0.5, 0.6) is 6.01 Å². The molecular formula is C34H42F2N8O2S. The molecule has 0 amide bonds. The number of fused-ring (bicyclic) bond motifs is 2. The Morgan fingerprint density at radius 2 is 1.94 bits per heavy atom. The van der Waals surface area contributed by atoms with Crippen LogP contribution in [0.3, 0.4) is 0 Å². The molecular weight excluding hydrogens is 622 g/mol. The van der Waals surface area contributed by atoms with Crippen LogP contribution in [0.15, 0.2) is 40.6 Å². The molecule has 1 saturated heterocycles. The van der Waals surface area contributed by atoms with Crippen molar-refractivity contribution in [3.05, 3.63) is 46.3 Å². The highest BCUT2D eigenvalue weighted by atomic mass is 32.2. The Balaban J connectivity index is 1.20. The molecule has 47 heavy (non-hydrogen) atoms. The van der Waals surface area contributed by atoms with Crippen LogP contribution in [0.25, 0.3) is 16.5 Å². The van der Waals surface area contributed by atoms with Crippen molar-refractivity contribution in [1.82, 2.24) is 24.8 Å². The lowest BCUT2D eigenvalue weighted by Gasteiger charge is -2.47. The van der Waals surface area contributed by atoms with Crippen molar-refractivity contribution in [3.8, 4) is 12.1 Å². The van der Waals surface area contributed by atoms with Crippen molar-refractivity contribution >= 4 is 34.1 Å². The fourth-order valence-electron chi connectivity index (χ4n) is 7.49. The number of thioether (sulfide) groups is 1. The Labute approximate surface area is 278 Å². The number of hydrogen-bond donors (Lipinski definition) is 2. The van der Waals surface area contributed by atoms with Gasteiger partial charge in [-0.1, -0.05) is 11.8 Å². The number of rotatable bonds is 10. The summed E-state index contributed by atoms with van der Waals surface area (Å²) in [5, 5.41) is 13.4. The van der Waals surface area contributed by atoms with Crippen molar-refractivity contribution in [1.29, 1.82) is 5.26 Å². The molecule has 10 nitrogen and oxygen atoms in total. The lowest BCUT2D eigenvalue weighted by atomic mass is 9.75. The molecule has 3 fully saturated rings. The number of ether oxygens (including phenoxy) is 2. The minimum Gasteiger partial charge on any atom is -0.463 e. The summed E-state index contributed by atoms with van der Waals surface area (Å²) in [6.45, 7) is 8.17. The van der Waals surface area contributed by atoms with E-state index >= 15 is 0 Å². The number of halogens is 2. The lowest BCUT2D eigenvalue weighted by molar-refractivity contribution is -0.0741. The van der Waals surface area contributed by atoms with Crippen molar-refractivity contribution in [2.45, 2.75) is 68.9 Å². The van der Waals surface area contributed by atoms with E-state index in [0.29, 0.717) is 41.1 Å². The van der Waals surface area contributed by atoms with Gasteiger partial charge in [-0.25, -0.2) is 8.78 Å². The quantitative estimate of drug-likeness (QED) is 0.350. The minimum atomic E-state index is -0.982. The van der Waals surface area contributed by atoms with E-state index in [4.69, 9.17) is 25.2 Å². The summed E-state index contributed by atoms with van der Waals surface area (Å²) >= 11 is 0.970. The third-order valence-corrected chi connectivity index (χ3v) is 11.7. The van der Waals surface area contributed by atoms with Crippen LogP contribution >= 0.6 is 11.8 Å². The molecule has 4 heterocycles. The zero-order valence-corrected chi connectivity index (χ0v) is 28.2. The molecule has 250 valence electrons. The monoisotopic (exact) mass is 664 g/mol. The van der Waals surface area contributed by atoms with Gasteiger partial charge in [-0.15, -0.1) is 0 Å². The molecule has 2 aliphatic heterocycles. The normalized spacial score (nSPS) is 28.2. The smallest absolute Gasteiger partial charge is 0.318 e. The number of likely N-dealkylation sites (N-methyl/N-ethyl adjacent to an activating group) is 1. The fourth-order valence-corrected chi connectivity index (χ4v) is 8.69. The lowest BCUT2D eigenvalue weighted by Crippen LogP contribution is -2.54. The summed E-state index contributed by atoms with van der Waals surface area (Å²) in [5.74, 6) is -2.03. The van der Waals surface area contributed by atoms with Gasteiger partial charge in [-0.3, -0.25) is 9.88 Å². The fraction of sp³-hybridized carbons (Fsp3) is 0.588. The van der Waals surface area contributed by atoms with Crippen LogP contribution in [0.4, 0.5) is 14.6 Å². The van der Waals surface area contributed by atoms with E-state index in [2.05, 4.69) is 54.1 Å². The zero-order valence-electron chi connectivity index (χ0n) is 27.4. The second kappa shape index (κ2) is 12.3. The summed E-state index contributed by atoms with van der Waals surface area (Å²) in [5.41, 5.74) is 7.73. The van der Waals surface area contributed by atoms with Crippen LogP contribution in [0, 0.1) is 22.7 Å². The average molecular weight is 665 g/mol. The molecule has 5 aliphatic rings. The Morgan fingerprint density at radius 1 is 1.19 bits per heavy atom. The van der Waals surface area contributed by atoms with Gasteiger partial charge in [-0.05, 0) is 77.8 Å². The van der Waals surface area contributed by atoms with Gasteiger partial charge in [0.15, 0.2) is 5.83 Å². The Bertz CT molecular complexity index is 1700. The maximum absolute atomic E-state index is 14.9. The molecule has 2 aromatic rings. The first-order valence-electron chi connectivity index (χ1n) is 16.4. The van der Waals surface area contributed by atoms with Crippen molar-refractivity contribution in [2.24, 2.45) is 17.1 Å². The minimum absolute atomic E-state index is 0.0339. The maximum Gasteiger partial charge on any atom is 0.318 e. The molecule has 0 aromatic carbocycles. The molecule has 3 N–H and O–H groups in total. The third-order valence-electron chi connectivity index (χ3n) is 10.5. The molecule has 3 aliphatic carbocycles. The first-order chi connectivity index (χ1) is 22.5. The predicted molar refractivity (Wildman–Crippen MR) is 179 cm³/mol. The number of hydrogen-bond acceptors (Lipinski definition) is 11. The third kappa shape index (κ3) is 6.09. The predicted octanol–water partition coefficient (Wildman–Crippen LogP) is 5.16. The molecule has 2 unspecified atom stereocenters. The van der Waals surface area contributed by atoms with Gasteiger partial charge in [0.1, 0.15) is 11.6 Å². The zero-order chi connectivity index (χ0) is 33.1. The Morgan fingerprint density at radius 3 is 2.57 bits per heavy atom. The first-order valence-corrected chi connectivity index (χ1v) is 17.3. The van der Waals surface area contributed by atoms with Crippen LogP contribution in [0.2, 0.25) is 0 Å². The van der Waals surface area contributed by atoms with Crippen molar-refractivity contribution in [2.75, 3.05) is 52.2 Å². The van der Waals surface area contributed by atoms with E-state index in [1.165, 1.54) is 6.42 Å². The van der Waals surface area contributed by atoms with Crippen LogP contribution in [0.1, 0.15) is 51.6 Å². The summed E-state index contributed by atoms with van der Waals surface area (Å²) in [7, 11) is 4.21. The van der Waals surface area contributed by atoms with Gasteiger partial charge in [-0.2, -0.15) is 15.2 Å². The van der Waals surface area contributed by atoms with Crippen LogP contribution in [-0.2, 0) is 4.74 Å². The van der Waals surface area contributed by atoms with Crippen molar-refractivity contribution < 1.29 is 18.3 Å². The number of allylic oxidation sites excluding steroid dienone is 4. The van der Waals surface area contributed by atoms with Gasteiger partial charge < -0.3 is 25.4 Å². The SMILES string of the molecule is C[C@@H]1CN(CC2(COc3nc(NCC4(N(C)C)CCC4)c4cnc(C5=CC(F)=C(F)C6SC(N)=C(C#N)C56)cc4n3)CC2)C[C@@H](C)O1. The number of morpholine rings is 1. The van der Waals surface area contributed by atoms with Gasteiger partial charge in [0.25, 0.3) is 0 Å². The van der Waals surface area contributed by atoms with Crippen LogP contribution < -0.4 is 15.8 Å². The summed E-state index contributed by atoms with van der Waals surface area (Å²) < 4.78 is 42.1. The van der Waals surface area contributed by atoms with Crippen LogP contribution in [-0.4, -0.2) is 94.6 Å². The highest BCUT2D eigenvalue weighted by Crippen LogP contribution is 2.53. The first kappa shape index (κ1) is 32.2. The summed E-state index contributed by atoms with van der Waals surface area (Å²) in [4.78, 5) is 19.1. The summed E-state index contributed by atoms with van der Waals surface area (Å²) in [6.07, 6.45) is 8.69. The molecule has 7 rings (SSSR count). The number of aromatic nitrogens is 3. The molecule has 4 atom stereocenters. The number of nitrogens with one attached hydrogen (secondary N) is 1. The maximum atomic E-state index is 14.9. The van der Waals surface area contributed by atoms with E-state index < -0.39 is 22.8 Å². The van der Waals surface area contributed by atoms with Gasteiger partial charge in [0.05, 0.1) is 57.3 Å². The Hall–Kier alpha value is -3.31. The number of anilines is 1. The number of pyridine rings is 1. The number of nitriles is 1. The highest BCUT2D eigenvalue weighted by molar-refractivity contribution is 8.04.